The number of carbonyl (C=O) groups excluding carboxylic acids is 1. The molecule has 0 saturated carbocycles. The number of oxazole rings is 1. The molecule has 0 aliphatic carbocycles. The van der Waals surface area contributed by atoms with E-state index in [1.54, 1.807) is 19.2 Å². The van der Waals surface area contributed by atoms with Crippen LogP contribution in [0.2, 0.25) is 0 Å². The van der Waals surface area contributed by atoms with Gasteiger partial charge in [0.25, 0.3) is 0 Å². The monoisotopic (exact) mass is 340 g/mol. The van der Waals surface area contributed by atoms with Gasteiger partial charge in [-0.05, 0) is 43.2 Å². The number of nitrogens with zero attached hydrogens (tertiary/aromatic N) is 2. The highest BCUT2D eigenvalue weighted by molar-refractivity contribution is 5.86. The van der Waals surface area contributed by atoms with Gasteiger partial charge in [-0.15, -0.1) is 0 Å². The largest absolute Gasteiger partial charge is 0.461 e. The predicted molar refractivity (Wildman–Crippen MR) is 89.6 cm³/mol. The first-order valence-corrected chi connectivity index (χ1v) is 7.90. The van der Waals surface area contributed by atoms with Crippen LogP contribution < -0.4 is 0 Å². The average Bonchev–Trinajstić information content (AvgIpc) is 3.05. The number of carbonyl (C=O) groups is 1. The highest BCUT2D eigenvalue weighted by Crippen LogP contribution is 2.23. The molecule has 0 atom stereocenters. The molecule has 25 heavy (non-hydrogen) atoms. The zero-order valence-corrected chi connectivity index (χ0v) is 14.0. The lowest BCUT2D eigenvalue weighted by molar-refractivity contribution is 0.0519. The Morgan fingerprint density at radius 1 is 1.28 bits per heavy atom. The second-order valence-corrected chi connectivity index (χ2v) is 5.52. The van der Waals surface area contributed by atoms with Crippen LogP contribution in [0.15, 0.2) is 47.2 Å². The summed E-state index contributed by atoms with van der Waals surface area (Å²) in [6.07, 6.45) is 3.37. The van der Waals surface area contributed by atoms with Crippen LogP contribution in [0, 0.1) is 12.7 Å². The molecule has 0 N–H and O–H groups in total. The first-order chi connectivity index (χ1) is 12.1. The molecule has 5 nitrogen and oxygen atoms in total. The van der Waals surface area contributed by atoms with Crippen molar-refractivity contribution in [1.82, 2.24) is 9.97 Å². The van der Waals surface area contributed by atoms with Gasteiger partial charge >= 0.3 is 5.97 Å². The second kappa shape index (κ2) is 7.25. The maximum atomic E-state index is 13.2. The van der Waals surface area contributed by atoms with Crippen LogP contribution in [0.4, 0.5) is 4.39 Å². The van der Waals surface area contributed by atoms with Crippen molar-refractivity contribution >= 4 is 5.97 Å². The topological polar surface area (TPSA) is 65.2 Å². The molecular weight excluding hydrogens is 323 g/mol. The normalized spacial score (nSPS) is 10.7. The number of aromatic nitrogens is 2. The highest BCUT2D eigenvalue weighted by atomic mass is 19.1. The molecule has 0 radical (unpaired) electrons. The summed E-state index contributed by atoms with van der Waals surface area (Å²) in [5, 5.41) is 0. The van der Waals surface area contributed by atoms with Gasteiger partial charge in [-0.3, -0.25) is 4.98 Å². The molecular formula is C19H17FN2O3. The average molecular weight is 340 g/mol. The van der Waals surface area contributed by atoms with Crippen molar-refractivity contribution in [3.05, 3.63) is 71.5 Å². The molecule has 6 heteroatoms. The van der Waals surface area contributed by atoms with Crippen molar-refractivity contribution < 1.29 is 18.3 Å². The van der Waals surface area contributed by atoms with Gasteiger partial charge in [0.2, 0.25) is 5.89 Å². The minimum atomic E-state index is -0.507. The van der Waals surface area contributed by atoms with Gasteiger partial charge in [-0.25, -0.2) is 14.2 Å². The smallest absolute Gasteiger partial charge is 0.360 e. The lowest BCUT2D eigenvalue weighted by Crippen LogP contribution is -2.05. The summed E-state index contributed by atoms with van der Waals surface area (Å²) in [5.74, 6) is -0.374. The third kappa shape index (κ3) is 3.91. The van der Waals surface area contributed by atoms with Crippen LogP contribution in [-0.4, -0.2) is 22.5 Å². The van der Waals surface area contributed by atoms with Gasteiger partial charge in [0.1, 0.15) is 12.1 Å². The fraction of sp³-hybridized carbons (Fsp3) is 0.211. The summed E-state index contributed by atoms with van der Waals surface area (Å²) in [5.41, 5.74) is 3.58. The molecule has 2 aromatic heterocycles. The Morgan fingerprint density at radius 2 is 2.12 bits per heavy atom. The van der Waals surface area contributed by atoms with E-state index in [-0.39, 0.29) is 18.1 Å². The number of rotatable bonds is 5. The number of esters is 1. The molecule has 0 fully saturated rings. The SMILES string of the molecule is CCOC(=O)c1coc(Cc2ccc(-c3ccc(F)cc3C)cn2)n1. The minimum absolute atomic E-state index is 0.149. The fourth-order valence-electron chi connectivity index (χ4n) is 2.49. The summed E-state index contributed by atoms with van der Waals surface area (Å²) in [4.78, 5) is 20.1. The number of aryl methyl sites for hydroxylation is 1. The summed E-state index contributed by atoms with van der Waals surface area (Å²) < 4.78 is 23.4. The highest BCUT2D eigenvalue weighted by Gasteiger charge is 2.14. The quantitative estimate of drug-likeness (QED) is 0.658. The number of hydrogen-bond donors (Lipinski definition) is 0. The van der Waals surface area contributed by atoms with Gasteiger partial charge in [0, 0.05) is 17.5 Å². The van der Waals surface area contributed by atoms with E-state index in [4.69, 9.17) is 9.15 Å². The van der Waals surface area contributed by atoms with E-state index in [9.17, 15) is 9.18 Å². The van der Waals surface area contributed by atoms with E-state index in [2.05, 4.69) is 9.97 Å². The Bertz CT molecular complexity index is 888. The van der Waals surface area contributed by atoms with Crippen LogP contribution in [0.3, 0.4) is 0 Å². The molecule has 0 aliphatic rings. The zero-order valence-electron chi connectivity index (χ0n) is 14.0. The summed E-state index contributed by atoms with van der Waals surface area (Å²) in [6, 6.07) is 8.43. The van der Waals surface area contributed by atoms with E-state index >= 15 is 0 Å². The van der Waals surface area contributed by atoms with Crippen LogP contribution in [0.1, 0.15) is 34.6 Å². The van der Waals surface area contributed by atoms with Crippen LogP contribution in [0.5, 0.6) is 0 Å². The molecule has 1 aromatic carbocycles. The summed E-state index contributed by atoms with van der Waals surface area (Å²) >= 11 is 0. The Labute approximate surface area is 144 Å². The van der Waals surface area contributed by atoms with Gasteiger partial charge in [-0.1, -0.05) is 12.1 Å². The van der Waals surface area contributed by atoms with Crippen molar-refractivity contribution in [3.8, 4) is 11.1 Å². The maximum absolute atomic E-state index is 13.2. The second-order valence-electron chi connectivity index (χ2n) is 5.52. The lowest BCUT2D eigenvalue weighted by Gasteiger charge is -2.06. The van der Waals surface area contributed by atoms with Crippen molar-refractivity contribution in [2.75, 3.05) is 6.61 Å². The first kappa shape index (κ1) is 16.8. The molecule has 3 rings (SSSR count). The molecule has 0 bridgehead atoms. The molecule has 0 amide bonds. The number of hydrogen-bond acceptors (Lipinski definition) is 5. The van der Waals surface area contributed by atoms with Gasteiger partial charge in [-0.2, -0.15) is 0 Å². The van der Waals surface area contributed by atoms with Crippen molar-refractivity contribution in [1.29, 1.82) is 0 Å². The molecule has 0 aliphatic heterocycles. The molecule has 0 saturated heterocycles. The van der Waals surface area contributed by atoms with Crippen molar-refractivity contribution in [3.63, 3.8) is 0 Å². The molecule has 3 aromatic rings. The van der Waals surface area contributed by atoms with Crippen molar-refractivity contribution in [2.24, 2.45) is 0 Å². The minimum Gasteiger partial charge on any atom is -0.461 e. The third-order valence-electron chi connectivity index (χ3n) is 3.69. The van der Waals surface area contributed by atoms with E-state index in [0.29, 0.717) is 12.3 Å². The molecule has 0 unspecified atom stereocenters. The summed E-state index contributed by atoms with van der Waals surface area (Å²) in [7, 11) is 0. The third-order valence-corrected chi connectivity index (χ3v) is 3.69. The van der Waals surface area contributed by atoms with E-state index in [0.717, 1.165) is 22.4 Å². The van der Waals surface area contributed by atoms with E-state index in [1.807, 2.05) is 19.1 Å². The number of ether oxygens (including phenoxy) is 1. The number of halogens is 1. The first-order valence-electron chi connectivity index (χ1n) is 7.90. The molecule has 0 spiro atoms. The molecule has 2 heterocycles. The van der Waals surface area contributed by atoms with Crippen LogP contribution in [0.25, 0.3) is 11.1 Å². The van der Waals surface area contributed by atoms with Gasteiger partial charge in [0.15, 0.2) is 5.69 Å². The standard InChI is InChI=1S/C19H17FN2O3/c1-3-24-19(23)17-11-25-18(22-17)9-15-6-4-13(10-21-15)16-7-5-14(20)8-12(16)2/h4-8,10-11H,3,9H2,1-2H3. The summed E-state index contributed by atoms with van der Waals surface area (Å²) in [6.45, 7) is 3.87. The van der Waals surface area contributed by atoms with Crippen LogP contribution in [-0.2, 0) is 11.2 Å². The molecule has 128 valence electrons. The van der Waals surface area contributed by atoms with E-state index < -0.39 is 5.97 Å². The van der Waals surface area contributed by atoms with Gasteiger partial charge in [0.05, 0.1) is 13.0 Å². The Kier molecular flexibility index (Phi) is 4.88. The Morgan fingerprint density at radius 3 is 2.80 bits per heavy atom. The fourth-order valence-corrected chi connectivity index (χ4v) is 2.49. The maximum Gasteiger partial charge on any atom is 0.360 e. The predicted octanol–water partition coefficient (Wildman–Crippen LogP) is 3.95. The van der Waals surface area contributed by atoms with Gasteiger partial charge < -0.3 is 9.15 Å². The Hall–Kier alpha value is -3.02. The number of pyridine rings is 1. The zero-order chi connectivity index (χ0) is 17.8. The van der Waals surface area contributed by atoms with Crippen LogP contribution >= 0.6 is 0 Å². The Balaban J connectivity index is 1.74. The van der Waals surface area contributed by atoms with Crippen molar-refractivity contribution in [2.45, 2.75) is 20.3 Å². The lowest BCUT2D eigenvalue weighted by atomic mass is 10.0. The van der Waals surface area contributed by atoms with E-state index in [1.165, 1.54) is 18.4 Å². The number of benzene rings is 1.